The molecule has 3 rings (SSSR count). The van der Waals surface area contributed by atoms with E-state index in [4.69, 9.17) is 0 Å². The number of rotatable bonds is 2. The Morgan fingerprint density at radius 1 is 1.24 bits per heavy atom. The molecule has 1 saturated heterocycles. The van der Waals surface area contributed by atoms with E-state index in [-0.39, 0.29) is 6.10 Å². The van der Waals surface area contributed by atoms with Crippen molar-refractivity contribution < 1.29 is 5.11 Å². The summed E-state index contributed by atoms with van der Waals surface area (Å²) < 4.78 is 0. The number of nitrogens with zero attached hydrogens (tertiary/aromatic N) is 3. The van der Waals surface area contributed by atoms with Crippen molar-refractivity contribution in [2.45, 2.75) is 32.3 Å². The average Bonchev–Trinajstić information content (AvgIpc) is 2.86. The molecule has 2 fully saturated rings. The lowest BCUT2D eigenvalue weighted by Crippen LogP contribution is -2.24. The third-order valence-electron chi connectivity index (χ3n) is 4.11. The number of fused-ring (bicyclic) bond motifs is 1. The van der Waals surface area contributed by atoms with Gasteiger partial charge < -0.3 is 10.0 Å². The van der Waals surface area contributed by atoms with Gasteiger partial charge in [0.25, 0.3) is 0 Å². The van der Waals surface area contributed by atoms with Crippen molar-refractivity contribution in [3.63, 3.8) is 0 Å². The maximum absolute atomic E-state index is 9.61. The number of aliphatic hydroxyl groups excluding tert-OH is 1. The summed E-state index contributed by atoms with van der Waals surface area (Å²) >= 11 is 0. The summed E-state index contributed by atoms with van der Waals surface area (Å²) in [4.78, 5) is 11.1. The molecule has 2 heterocycles. The molecule has 4 heteroatoms. The Labute approximate surface area is 102 Å². The second-order valence-corrected chi connectivity index (χ2v) is 5.30. The number of hydrogen-bond acceptors (Lipinski definition) is 4. The van der Waals surface area contributed by atoms with Crippen molar-refractivity contribution in [1.29, 1.82) is 0 Å². The first-order chi connectivity index (χ1) is 8.26. The third kappa shape index (κ3) is 2.02. The van der Waals surface area contributed by atoms with Crippen LogP contribution >= 0.6 is 0 Å². The zero-order chi connectivity index (χ0) is 11.8. The minimum atomic E-state index is -0.0736. The molecule has 92 valence electrons. The second kappa shape index (κ2) is 4.26. The van der Waals surface area contributed by atoms with Crippen molar-refractivity contribution >= 4 is 5.95 Å². The first-order valence-corrected chi connectivity index (χ1v) is 6.50. The third-order valence-corrected chi connectivity index (χ3v) is 4.11. The molecule has 0 spiro atoms. The van der Waals surface area contributed by atoms with Gasteiger partial charge in [-0.1, -0.05) is 6.92 Å². The predicted molar refractivity (Wildman–Crippen MR) is 65.8 cm³/mol. The van der Waals surface area contributed by atoms with Gasteiger partial charge in [0.15, 0.2) is 0 Å². The summed E-state index contributed by atoms with van der Waals surface area (Å²) in [5.74, 6) is 2.13. The highest BCUT2D eigenvalue weighted by Crippen LogP contribution is 2.38. The van der Waals surface area contributed by atoms with E-state index in [1.165, 1.54) is 5.56 Å². The minimum absolute atomic E-state index is 0.0736. The highest BCUT2D eigenvalue weighted by Gasteiger charge is 2.40. The van der Waals surface area contributed by atoms with Crippen LogP contribution in [-0.4, -0.2) is 34.3 Å². The molecule has 0 aromatic carbocycles. The van der Waals surface area contributed by atoms with Crippen LogP contribution in [0.3, 0.4) is 0 Å². The van der Waals surface area contributed by atoms with E-state index < -0.39 is 0 Å². The highest BCUT2D eigenvalue weighted by molar-refractivity contribution is 5.33. The van der Waals surface area contributed by atoms with Crippen molar-refractivity contribution in [2.75, 3.05) is 18.0 Å². The standard InChI is InChI=1S/C13H19N3O/c1-2-9-5-14-13(15-6-9)16-7-10-3-12(17)4-11(10)8-16/h5-6,10-12,17H,2-4,7-8H2,1H3/t10-,11+,12?. The Bertz CT molecular complexity index is 378. The molecule has 0 radical (unpaired) electrons. The van der Waals surface area contributed by atoms with E-state index in [1.807, 2.05) is 12.4 Å². The van der Waals surface area contributed by atoms with Gasteiger partial charge in [0.1, 0.15) is 0 Å². The Balaban J connectivity index is 1.70. The van der Waals surface area contributed by atoms with E-state index in [0.29, 0.717) is 11.8 Å². The van der Waals surface area contributed by atoms with Gasteiger partial charge in [-0.3, -0.25) is 0 Å². The van der Waals surface area contributed by atoms with Crippen LogP contribution in [0, 0.1) is 11.8 Å². The maximum atomic E-state index is 9.61. The van der Waals surface area contributed by atoms with E-state index in [9.17, 15) is 5.11 Å². The van der Waals surface area contributed by atoms with Crippen LogP contribution in [0.25, 0.3) is 0 Å². The summed E-state index contributed by atoms with van der Waals surface area (Å²) in [5, 5.41) is 9.61. The quantitative estimate of drug-likeness (QED) is 0.835. The van der Waals surface area contributed by atoms with E-state index in [1.54, 1.807) is 0 Å². The van der Waals surface area contributed by atoms with Crippen molar-refractivity contribution in [2.24, 2.45) is 11.8 Å². The summed E-state index contributed by atoms with van der Waals surface area (Å²) in [6.45, 7) is 4.13. The fourth-order valence-corrected chi connectivity index (χ4v) is 3.13. The molecule has 0 bridgehead atoms. The zero-order valence-corrected chi connectivity index (χ0v) is 10.2. The molecule has 17 heavy (non-hydrogen) atoms. The molecule has 0 amide bonds. The lowest BCUT2D eigenvalue weighted by molar-refractivity contribution is 0.174. The van der Waals surface area contributed by atoms with Crippen LogP contribution in [-0.2, 0) is 6.42 Å². The normalized spacial score (nSPS) is 31.9. The molecule has 1 aliphatic carbocycles. The molecule has 1 aliphatic heterocycles. The molecular formula is C13H19N3O. The van der Waals surface area contributed by atoms with Gasteiger partial charge in [-0.2, -0.15) is 0 Å². The van der Waals surface area contributed by atoms with Crippen molar-refractivity contribution in [3.05, 3.63) is 18.0 Å². The van der Waals surface area contributed by atoms with Crippen LogP contribution in [0.1, 0.15) is 25.3 Å². The predicted octanol–water partition coefficient (Wildman–Crippen LogP) is 1.25. The van der Waals surface area contributed by atoms with Gasteiger partial charge >= 0.3 is 0 Å². The van der Waals surface area contributed by atoms with Gasteiger partial charge in [0, 0.05) is 25.5 Å². The Morgan fingerprint density at radius 3 is 2.35 bits per heavy atom. The van der Waals surface area contributed by atoms with Crippen molar-refractivity contribution in [3.8, 4) is 0 Å². The maximum Gasteiger partial charge on any atom is 0.225 e. The molecule has 2 aliphatic rings. The second-order valence-electron chi connectivity index (χ2n) is 5.30. The van der Waals surface area contributed by atoms with Crippen LogP contribution in [0.5, 0.6) is 0 Å². The average molecular weight is 233 g/mol. The number of aryl methyl sites for hydroxylation is 1. The van der Waals surface area contributed by atoms with Crippen LogP contribution in [0.4, 0.5) is 5.95 Å². The number of hydrogen-bond donors (Lipinski definition) is 1. The summed E-state index contributed by atoms with van der Waals surface area (Å²) in [7, 11) is 0. The molecular weight excluding hydrogens is 214 g/mol. The van der Waals surface area contributed by atoms with Gasteiger partial charge in [-0.25, -0.2) is 9.97 Å². The summed E-state index contributed by atoms with van der Waals surface area (Å²) in [6.07, 6.45) is 6.66. The van der Waals surface area contributed by atoms with Crippen LogP contribution in [0.2, 0.25) is 0 Å². The topological polar surface area (TPSA) is 49.2 Å². The van der Waals surface area contributed by atoms with Gasteiger partial charge in [0.2, 0.25) is 5.95 Å². The first kappa shape index (κ1) is 11.0. The molecule has 1 unspecified atom stereocenters. The Morgan fingerprint density at radius 2 is 1.82 bits per heavy atom. The molecule has 4 nitrogen and oxygen atoms in total. The number of aliphatic hydroxyl groups is 1. The van der Waals surface area contributed by atoms with E-state index in [0.717, 1.165) is 38.3 Å². The largest absolute Gasteiger partial charge is 0.393 e. The van der Waals surface area contributed by atoms with Gasteiger partial charge in [0.05, 0.1) is 6.10 Å². The molecule has 1 saturated carbocycles. The van der Waals surface area contributed by atoms with Gasteiger partial charge in [-0.15, -0.1) is 0 Å². The molecule has 1 aromatic rings. The zero-order valence-electron chi connectivity index (χ0n) is 10.2. The Kier molecular flexibility index (Phi) is 2.74. The van der Waals surface area contributed by atoms with Gasteiger partial charge in [-0.05, 0) is 36.7 Å². The van der Waals surface area contributed by atoms with E-state index >= 15 is 0 Å². The SMILES string of the molecule is CCc1cnc(N2C[C@H]3CC(O)C[C@H]3C2)nc1. The lowest BCUT2D eigenvalue weighted by Gasteiger charge is -2.17. The fourth-order valence-electron chi connectivity index (χ4n) is 3.13. The van der Waals surface area contributed by atoms with Crippen molar-refractivity contribution in [1.82, 2.24) is 9.97 Å². The summed E-state index contributed by atoms with van der Waals surface area (Å²) in [6, 6.07) is 0. The minimum Gasteiger partial charge on any atom is -0.393 e. The number of aromatic nitrogens is 2. The van der Waals surface area contributed by atoms with E-state index in [2.05, 4.69) is 21.8 Å². The molecule has 3 atom stereocenters. The summed E-state index contributed by atoms with van der Waals surface area (Å²) in [5.41, 5.74) is 1.18. The molecule has 1 aromatic heterocycles. The smallest absolute Gasteiger partial charge is 0.225 e. The van der Waals surface area contributed by atoms with Crippen LogP contribution < -0.4 is 4.90 Å². The number of anilines is 1. The monoisotopic (exact) mass is 233 g/mol. The fraction of sp³-hybridized carbons (Fsp3) is 0.692. The Hall–Kier alpha value is -1.16. The highest BCUT2D eigenvalue weighted by atomic mass is 16.3. The van der Waals surface area contributed by atoms with Crippen LogP contribution in [0.15, 0.2) is 12.4 Å². The lowest BCUT2D eigenvalue weighted by atomic mass is 10.0. The first-order valence-electron chi connectivity index (χ1n) is 6.50. The molecule has 1 N–H and O–H groups in total.